The Kier molecular flexibility index (Phi) is 5.39. The molecule has 2 aromatic heterocycles. The fraction of sp³-hybridized carbons (Fsp3) is 0.136. The van der Waals surface area contributed by atoms with Crippen molar-refractivity contribution in [3.63, 3.8) is 0 Å². The van der Waals surface area contributed by atoms with Crippen molar-refractivity contribution in [2.75, 3.05) is 10.6 Å². The van der Waals surface area contributed by atoms with E-state index in [4.69, 9.17) is 9.72 Å². The fourth-order valence-electron chi connectivity index (χ4n) is 2.90. The Morgan fingerprint density at radius 3 is 2.93 bits per heavy atom. The second kappa shape index (κ2) is 8.28. The van der Waals surface area contributed by atoms with Crippen molar-refractivity contribution in [2.45, 2.75) is 20.3 Å². The van der Waals surface area contributed by atoms with E-state index in [2.05, 4.69) is 34.7 Å². The number of fused-ring (bicyclic) bond motifs is 1. The highest BCUT2D eigenvalue weighted by Gasteiger charge is 2.12. The number of carbonyl (C=O) groups is 1. The SMILES string of the molecule is CC(=O)Nc1cc(OC2=CCc3nc(Nc4cccc(C)c4)sc3C=C2)ccn1. The van der Waals surface area contributed by atoms with E-state index in [1.165, 1.54) is 12.5 Å². The average molecular weight is 404 g/mol. The van der Waals surface area contributed by atoms with Crippen LogP contribution < -0.4 is 15.4 Å². The van der Waals surface area contributed by atoms with E-state index < -0.39 is 0 Å². The van der Waals surface area contributed by atoms with Crippen LogP contribution in [0.1, 0.15) is 23.1 Å². The molecule has 0 atom stereocenters. The van der Waals surface area contributed by atoms with Gasteiger partial charge in [-0.15, -0.1) is 0 Å². The molecular formula is C22H20N4O2S. The van der Waals surface area contributed by atoms with Crippen LogP contribution >= 0.6 is 11.3 Å². The summed E-state index contributed by atoms with van der Waals surface area (Å²) < 4.78 is 5.94. The Morgan fingerprint density at radius 2 is 2.10 bits per heavy atom. The molecule has 7 heteroatoms. The number of nitrogens with zero attached hydrogens (tertiary/aromatic N) is 2. The van der Waals surface area contributed by atoms with Crippen LogP contribution in [0.4, 0.5) is 16.6 Å². The maximum atomic E-state index is 11.2. The van der Waals surface area contributed by atoms with E-state index in [1.54, 1.807) is 29.7 Å². The molecule has 1 aliphatic carbocycles. The lowest BCUT2D eigenvalue weighted by atomic mass is 10.2. The van der Waals surface area contributed by atoms with Gasteiger partial charge < -0.3 is 15.4 Å². The molecule has 2 N–H and O–H groups in total. The van der Waals surface area contributed by atoms with Gasteiger partial charge >= 0.3 is 0 Å². The Hall–Kier alpha value is -3.45. The van der Waals surface area contributed by atoms with Gasteiger partial charge in [-0.25, -0.2) is 9.97 Å². The van der Waals surface area contributed by atoms with Gasteiger partial charge in [0, 0.05) is 31.3 Å². The van der Waals surface area contributed by atoms with Crippen molar-refractivity contribution >= 4 is 40.0 Å². The Bertz CT molecular complexity index is 1120. The minimum absolute atomic E-state index is 0.172. The lowest BCUT2D eigenvalue weighted by molar-refractivity contribution is -0.114. The molecule has 4 rings (SSSR count). The molecule has 3 aromatic rings. The molecule has 2 heterocycles. The van der Waals surface area contributed by atoms with Gasteiger partial charge in [0.1, 0.15) is 17.3 Å². The minimum atomic E-state index is -0.172. The first-order chi connectivity index (χ1) is 14.0. The number of pyridine rings is 1. The summed E-state index contributed by atoms with van der Waals surface area (Å²) in [5, 5.41) is 6.90. The van der Waals surface area contributed by atoms with E-state index in [1.807, 2.05) is 30.4 Å². The predicted octanol–water partition coefficient (Wildman–Crippen LogP) is 5.08. The van der Waals surface area contributed by atoms with Crippen molar-refractivity contribution in [1.29, 1.82) is 0 Å². The number of thiazole rings is 1. The highest BCUT2D eigenvalue weighted by atomic mass is 32.1. The molecule has 0 radical (unpaired) electrons. The third kappa shape index (κ3) is 4.89. The normalized spacial score (nSPS) is 12.6. The number of nitrogens with one attached hydrogen (secondary N) is 2. The Morgan fingerprint density at radius 1 is 1.21 bits per heavy atom. The van der Waals surface area contributed by atoms with Gasteiger partial charge in [-0.05, 0) is 48.9 Å². The molecule has 6 nitrogen and oxygen atoms in total. The maximum Gasteiger partial charge on any atom is 0.222 e. The van der Waals surface area contributed by atoms with Gasteiger partial charge in [0.2, 0.25) is 5.91 Å². The molecule has 146 valence electrons. The number of hydrogen-bond donors (Lipinski definition) is 2. The zero-order chi connectivity index (χ0) is 20.2. The van der Waals surface area contributed by atoms with E-state index in [-0.39, 0.29) is 5.91 Å². The van der Waals surface area contributed by atoms with E-state index in [0.717, 1.165) is 27.1 Å². The smallest absolute Gasteiger partial charge is 0.222 e. The monoisotopic (exact) mass is 404 g/mol. The first kappa shape index (κ1) is 18.9. The number of rotatable bonds is 5. The number of amides is 1. The molecule has 0 fully saturated rings. The first-order valence-corrected chi connectivity index (χ1v) is 10.00. The van der Waals surface area contributed by atoms with Crippen LogP contribution in [0.15, 0.2) is 60.5 Å². The van der Waals surface area contributed by atoms with Gasteiger partial charge in [0.25, 0.3) is 0 Å². The second-order valence-electron chi connectivity index (χ2n) is 6.63. The minimum Gasteiger partial charge on any atom is -0.458 e. The number of aromatic nitrogens is 2. The topological polar surface area (TPSA) is 76.1 Å². The van der Waals surface area contributed by atoms with E-state index in [0.29, 0.717) is 18.0 Å². The molecule has 0 saturated heterocycles. The van der Waals surface area contributed by atoms with Gasteiger partial charge in [0.15, 0.2) is 5.13 Å². The summed E-state index contributed by atoms with van der Waals surface area (Å²) in [4.78, 5) is 21.1. The van der Waals surface area contributed by atoms with Gasteiger partial charge in [-0.1, -0.05) is 23.5 Å². The molecule has 1 aliphatic rings. The van der Waals surface area contributed by atoms with Crippen molar-refractivity contribution in [3.8, 4) is 5.75 Å². The van der Waals surface area contributed by atoms with Crippen molar-refractivity contribution in [3.05, 3.63) is 76.6 Å². The van der Waals surface area contributed by atoms with Crippen molar-refractivity contribution < 1.29 is 9.53 Å². The molecule has 0 spiro atoms. The van der Waals surface area contributed by atoms with E-state index >= 15 is 0 Å². The highest BCUT2D eigenvalue weighted by Crippen LogP contribution is 2.30. The number of carbonyl (C=O) groups excluding carboxylic acids is 1. The number of aryl methyl sites for hydroxylation is 1. The largest absolute Gasteiger partial charge is 0.458 e. The Balaban J connectivity index is 1.45. The van der Waals surface area contributed by atoms with E-state index in [9.17, 15) is 4.79 Å². The van der Waals surface area contributed by atoms with Gasteiger partial charge in [-0.3, -0.25) is 4.79 Å². The molecular weight excluding hydrogens is 384 g/mol. The van der Waals surface area contributed by atoms with Crippen LogP contribution in [-0.4, -0.2) is 15.9 Å². The third-order valence-electron chi connectivity index (χ3n) is 4.16. The quantitative estimate of drug-likeness (QED) is 0.620. The number of allylic oxidation sites excluding steroid dienone is 2. The summed E-state index contributed by atoms with van der Waals surface area (Å²) in [6, 6.07) is 11.7. The standard InChI is InChI=1S/C22H20N4O2S/c1-14-4-3-5-16(12-14)25-22-26-19-8-6-17(7-9-20(19)29-22)28-18-10-11-23-21(13-18)24-15(2)27/h3-7,9-13H,8H2,1-2H3,(H,25,26)(H,23,24,27). The van der Waals surface area contributed by atoms with Crippen molar-refractivity contribution in [2.24, 2.45) is 0 Å². The molecule has 0 bridgehead atoms. The average Bonchev–Trinajstić information content (AvgIpc) is 2.96. The zero-order valence-electron chi connectivity index (χ0n) is 16.1. The molecule has 0 saturated carbocycles. The zero-order valence-corrected chi connectivity index (χ0v) is 16.9. The number of ether oxygens (including phenoxy) is 1. The lowest BCUT2D eigenvalue weighted by Gasteiger charge is -2.07. The van der Waals surface area contributed by atoms with Crippen LogP contribution in [0.5, 0.6) is 5.75 Å². The fourth-order valence-corrected chi connectivity index (χ4v) is 3.81. The number of benzene rings is 1. The molecule has 1 aromatic carbocycles. The molecule has 29 heavy (non-hydrogen) atoms. The summed E-state index contributed by atoms with van der Waals surface area (Å²) in [6.45, 7) is 3.51. The Labute approximate surface area is 173 Å². The predicted molar refractivity (Wildman–Crippen MR) is 117 cm³/mol. The number of anilines is 3. The van der Waals surface area contributed by atoms with Crippen LogP contribution in [0.3, 0.4) is 0 Å². The van der Waals surface area contributed by atoms with Gasteiger partial charge in [0.05, 0.1) is 10.6 Å². The second-order valence-corrected chi connectivity index (χ2v) is 7.66. The molecule has 0 aliphatic heterocycles. The van der Waals surface area contributed by atoms with Crippen LogP contribution in [-0.2, 0) is 11.2 Å². The summed E-state index contributed by atoms with van der Waals surface area (Å²) >= 11 is 1.61. The highest BCUT2D eigenvalue weighted by molar-refractivity contribution is 7.16. The summed E-state index contributed by atoms with van der Waals surface area (Å²) in [5.74, 6) is 1.62. The summed E-state index contributed by atoms with van der Waals surface area (Å²) in [7, 11) is 0. The van der Waals surface area contributed by atoms with Crippen LogP contribution in [0.25, 0.3) is 6.08 Å². The van der Waals surface area contributed by atoms with Crippen LogP contribution in [0.2, 0.25) is 0 Å². The van der Waals surface area contributed by atoms with Crippen LogP contribution in [0, 0.1) is 6.92 Å². The first-order valence-electron chi connectivity index (χ1n) is 9.18. The maximum absolute atomic E-state index is 11.2. The summed E-state index contributed by atoms with van der Waals surface area (Å²) in [6.07, 6.45) is 8.22. The lowest BCUT2D eigenvalue weighted by Crippen LogP contribution is -2.07. The third-order valence-corrected chi connectivity index (χ3v) is 5.14. The molecule has 1 amide bonds. The van der Waals surface area contributed by atoms with Gasteiger partial charge in [-0.2, -0.15) is 0 Å². The number of hydrogen-bond acceptors (Lipinski definition) is 6. The van der Waals surface area contributed by atoms with Crippen molar-refractivity contribution in [1.82, 2.24) is 9.97 Å². The molecule has 0 unspecified atom stereocenters. The summed E-state index contributed by atoms with van der Waals surface area (Å²) in [5.41, 5.74) is 3.24.